The Bertz CT molecular complexity index is 3230. The third-order valence-electron chi connectivity index (χ3n) is 11.7. The van der Waals surface area contributed by atoms with Crippen molar-refractivity contribution in [2.45, 2.75) is 0 Å². The molecule has 11 aromatic rings. The van der Waals surface area contributed by atoms with Gasteiger partial charge in [-0.25, -0.2) is 15.0 Å². The molecule has 0 aliphatic heterocycles. The summed E-state index contributed by atoms with van der Waals surface area (Å²) in [7, 11) is 0. The van der Waals surface area contributed by atoms with Crippen LogP contribution in [0.3, 0.4) is 0 Å². The van der Waals surface area contributed by atoms with Crippen LogP contribution in [0.4, 0.5) is 0 Å². The van der Waals surface area contributed by atoms with Gasteiger partial charge in [-0.05, 0) is 67.9 Å². The van der Waals surface area contributed by atoms with Gasteiger partial charge in [0.15, 0.2) is 5.82 Å². The smallest absolute Gasteiger partial charge is 0.160 e. The Labute approximate surface area is 361 Å². The summed E-state index contributed by atoms with van der Waals surface area (Å²) in [6.45, 7) is 0. The lowest BCUT2D eigenvalue weighted by Crippen LogP contribution is -1.96. The summed E-state index contributed by atoms with van der Waals surface area (Å²) < 4.78 is 0. The molecule has 62 heavy (non-hydrogen) atoms. The molecular formula is C59H39N3. The van der Waals surface area contributed by atoms with Crippen molar-refractivity contribution in [2.75, 3.05) is 0 Å². The van der Waals surface area contributed by atoms with Crippen LogP contribution in [-0.4, -0.2) is 15.0 Å². The maximum atomic E-state index is 5.46. The first-order valence-electron chi connectivity index (χ1n) is 21.0. The minimum Gasteiger partial charge on any atom is -0.247 e. The molecule has 11 rings (SSSR count). The first kappa shape index (κ1) is 36.8. The van der Waals surface area contributed by atoms with Crippen LogP contribution >= 0.6 is 0 Å². The summed E-state index contributed by atoms with van der Waals surface area (Å²) in [6, 6.07) is 83.4. The van der Waals surface area contributed by atoms with Crippen LogP contribution in [-0.2, 0) is 0 Å². The third kappa shape index (κ3) is 7.12. The summed E-state index contributed by atoms with van der Waals surface area (Å²) in [6.07, 6.45) is 0. The first-order valence-corrected chi connectivity index (χ1v) is 21.0. The fraction of sp³-hybridized carbons (Fsp3) is 0. The molecule has 0 bridgehead atoms. The highest BCUT2D eigenvalue weighted by atomic mass is 14.9. The molecule has 9 aromatic carbocycles. The zero-order valence-electron chi connectivity index (χ0n) is 33.9. The van der Waals surface area contributed by atoms with Gasteiger partial charge in [-0.3, -0.25) is 0 Å². The highest BCUT2D eigenvalue weighted by molar-refractivity contribution is 6.18. The van der Waals surface area contributed by atoms with E-state index >= 15 is 0 Å². The van der Waals surface area contributed by atoms with Crippen molar-refractivity contribution in [3.63, 3.8) is 0 Å². The van der Waals surface area contributed by atoms with E-state index in [1.165, 1.54) is 33.0 Å². The molecule has 3 heteroatoms. The molecule has 0 spiro atoms. The average Bonchev–Trinajstić information content (AvgIpc) is 3.37. The molecule has 0 atom stereocenters. The molecule has 2 heterocycles. The van der Waals surface area contributed by atoms with Gasteiger partial charge in [0.25, 0.3) is 0 Å². The van der Waals surface area contributed by atoms with Crippen LogP contribution in [0.1, 0.15) is 0 Å². The Kier molecular flexibility index (Phi) is 9.53. The van der Waals surface area contributed by atoms with Gasteiger partial charge in [0.1, 0.15) is 0 Å². The molecule has 0 unspecified atom stereocenters. The SMILES string of the molecule is c1ccc(-c2ccc(-c3cc(-c4ccc(-c5cc6ccccc6c6c(-c7ccccc7)cc(-c7ccccc7)nc56)cc4)nc(-c4ccc(-c5ccccc5)cc4)n3)cc2)cc1. The summed E-state index contributed by atoms with van der Waals surface area (Å²) in [5.41, 5.74) is 16.9. The lowest BCUT2D eigenvalue weighted by atomic mass is 9.90. The van der Waals surface area contributed by atoms with Crippen molar-refractivity contribution >= 4 is 21.7 Å². The number of fused-ring (bicyclic) bond motifs is 3. The van der Waals surface area contributed by atoms with Crippen molar-refractivity contribution in [2.24, 2.45) is 0 Å². The summed E-state index contributed by atoms with van der Waals surface area (Å²) >= 11 is 0. The molecule has 0 saturated carbocycles. The van der Waals surface area contributed by atoms with Crippen molar-refractivity contribution in [1.82, 2.24) is 15.0 Å². The molecule has 0 fully saturated rings. The lowest BCUT2D eigenvalue weighted by molar-refractivity contribution is 1.18. The maximum Gasteiger partial charge on any atom is 0.160 e. The van der Waals surface area contributed by atoms with Crippen LogP contribution in [0.15, 0.2) is 237 Å². The van der Waals surface area contributed by atoms with Gasteiger partial charge in [-0.1, -0.05) is 218 Å². The normalized spacial score (nSPS) is 11.2. The molecule has 2 aromatic heterocycles. The fourth-order valence-electron chi connectivity index (χ4n) is 8.51. The summed E-state index contributed by atoms with van der Waals surface area (Å²) in [5.74, 6) is 0.680. The molecule has 0 N–H and O–H groups in total. The number of benzene rings is 9. The zero-order chi connectivity index (χ0) is 41.2. The second kappa shape index (κ2) is 16.1. The van der Waals surface area contributed by atoms with E-state index in [9.17, 15) is 0 Å². The molecule has 290 valence electrons. The molecular weight excluding hydrogens is 751 g/mol. The van der Waals surface area contributed by atoms with Gasteiger partial charge in [-0.2, -0.15) is 0 Å². The van der Waals surface area contributed by atoms with Crippen LogP contribution in [0.2, 0.25) is 0 Å². The van der Waals surface area contributed by atoms with Gasteiger partial charge in [-0.15, -0.1) is 0 Å². The second-order valence-electron chi connectivity index (χ2n) is 15.6. The van der Waals surface area contributed by atoms with Gasteiger partial charge in [0.2, 0.25) is 0 Å². The van der Waals surface area contributed by atoms with E-state index in [1.54, 1.807) is 0 Å². The highest BCUT2D eigenvalue weighted by Crippen LogP contribution is 2.42. The summed E-state index contributed by atoms with van der Waals surface area (Å²) in [4.78, 5) is 15.9. The number of hydrogen-bond donors (Lipinski definition) is 0. The van der Waals surface area contributed by atoms with Gasteiger partial charge >= 0.3 is 0 Å². The first-order chi connectivity index (χ1) is 30.7. The van der Waals surface area contributed by atoms with Crippen molar-refractivity contribution in [3.8, 4) is 89.7 Å². The predicted octanol–water partition coefficient (Wildman–Crippen LogP) is 15.5. The van der Waals surface area contributed by atoms with Crippen molar-refractivity contribution < 1.29 is 0 Å². The standard InChI is InChI=1S/C59H39N3/c1-5-15-40(16-6-1)42-25-31-47(32-26-42)55-39-56(62-59(61-55)49-35-27-43(28-36-49)41-17-7-2-8-18-41)48-33-29-45(30-34-48)53-37-50-23-13-14-24-51(50)57-52(44-19-9-3-10-20-44)38-54(60-58(53)57)46-21-11-4-12-22-46/h1-39H. The number of pyridine rings is 1. The van der Waals surface area contributed by atoms with E-state index < -0.39 is 0 Å². The topological polar surface area (TPSA) is 38.7 Å². The highest BCUT2D eigenvalue weighted by Gasteiger charge is 2.18. The molecule has 0 amide bonds. The molecule has 0 aliphatic carbocycles. The average molecular weight is 790 g/mol. The van der Waals surface area contributed by atoms with Gasteiger partial charge in [0.05, 0.1) is 22.6 Å². The molecule has 0 saturated heterocycles. The summed E-state index contributed by atoms with van der Waals surface area (Å²) in [5, 5.41) is 3.50. The van der Waals surface area contributed by atoms with Crippen LogP contribution in [0.25, 0.3) is 111 Å². The Morgan fingerprint density at radius 1 is 0.242 bits per heavy atom. The van der Waals surface area contributed by atoms with E-state index in [0.29, 0.717) is 5.82 Å². The van der Waals surface area contributed by atoms with E-state index in [4.69, 9.17) is 15.0 Å². The van der Waals surface area contributed by atoms with Crippen LogP contribution < -0.4 is 0 Å². The molecule has 3 nitrogen and oxygen atoms in total. The van der Waals surface area contributed by atoms with E-state index in [2.05, 4.69) is 224 Å². The number of aromatic nitrogens is 3. The second-order valence-corrected chi connectivity index (χ2v) is 15.6. The Balaban J connectivity index is 1.04. The number of hydrogen-bond acceptors (Lipinski definition) is 3. The number of nitrogens with zero attached hydrogens (tertiary/aromatic N) is 3. The van der Waals surface area contributed by atoms with Gasteiger partial charge in [0, 0.05) is 33.2 Å². The number of rotatable bonds is 8. The monoisotopic (exact) mass is 789 g/mol. The van der Waals surface area contributed by atoms with Gasteiger partial charge < -0.3 is 0 Å². The Hall–Kier alpha value is -8.27. The largest absolute Gasteiger partial charge is 0.247 e. The Morgan fingerprint density at radius 3 is 1.16 bits per heavy atom. The third-order valence-corrected chi connectivity index (χ3v) is 11.7. The predicted molar refractivity (Wildman–Crippen MR) is 258 cm³/mol. The van der Waals surface area contributed by atoms with Crippen molar-refractivity contribution in [1.29, 1.82) is 0 Å². The van der Waals surface area contributed by atoms with Crippen molar-refractivity contribution in [3.05, 3.63) is 237 Å². The molecule has 0 radical (unpaired) electrons. The molecule has 0 aliphatic rings. The van der Waals surface area contributed by atoms with Crippen LogP contribution in [0.5, 0.6) is 0 Å². The zero-order valence-corrected chi connectivity index (χ0v) is 33.9. The minimum absolute atomic E-state index is 0.680. The fourth-order valence-corrected chi connectivity index (χ4v) is 8.51. The van der Waals surface area contributed by atoms with E-state index in [-0.39, 0.29) is 0 Å². The maximum absolute atomic E-state index is 5.46. The van der Waals surface area contributed by atoms with Crippen LogP contribution in [0, 0.1) is 0 Å². The lowest BCUT2D eigenvalue weighted by Gasteiger charge is -2.17. The van der Waals surface area contributed by atoms with E-state index in [0.717, 1.165) is 72.5 Å². The quantitative estimate of drug-likeness (QED) is 0.144. The minimum atomic E-state index is 0.680. The Morgan fingerprint density at radius 2 is 0.613 bits per heavy atom. The van der Waals surface area contributed by atoms with E-state index in [1.807, 2.05) is 12.1 Å².